The number of hydrogen-bond donors (Lipinski definition) is 0. The van der Waals surface area contributed by atoms with Crippen LogP contribution >= 0.6 is 11.6 Å². The Morgan fingerprint density at radius 3 is 2.31 bits per heavy atom. The summed E-state index contributed by atoms with van der Waals surface area (Å²) in [6.45, 7) is 10.3. The van der Waals surface area contributed by atoms with E-state index in [4.69, 9.17) is 11.6 Å². The topological polar surface area (TPSA) is 17.8 Å². The van der Waals surface area contributed by atoms with Gasteiger partial charge in [-0.15, -0.1) is 0 Å². The first-order valence-electron chi connectivity index (χ1n) is 4.88. The van der Waals surface area contributed by atoms with Crippen molar-refractivity contribution in [3.63, 3.8) is 0 Å². The van der Waals surface area contributed by atoms with E-state index < -0.39 is 0 Å². The zero-order valence-electron chi connectivity index (χ0n) is 9.13. The van der Waals surface area contributed by atoms with Gasteiger partial charge in [-0.25, -0.2) is 0 Å². The molecule has 0 bridgehead atoms. The average Bonchev–Trinajstić information content (AvgIpc) is 2.50. The lowest BCUT2D eigenvalue weighted by atomic mass is 10.3. The van der Waals surface area contributed by atoms with E-state index in [1.807, 2.05) is 18.5 Å². The monoisotopic (exact) mass is 202 g/mol. The van der Waals surface area contributed by atoms with Crippen LogP contribution in [0.15, 0.2) is 6.20 Å². The molecule has 0 N–H and O–H groups in total. The van der Waals surface area contributed by atoms with Crippen LogP contribution in [-0.4, -0.2) is 9.78 Å². The van der Waals surface area contributed by atoms with Gasteiger partial charge in [-0.05, 0) is 20.3 Å². The largest absolute Gasteiger partial charge is 0.266 e. The minimum atomic E-state index is 0.400. The highest BCUT2D eigenvalue weighted by Gasteiger charge is 2.08. The SMILES string of the molecule is CC.CCc1c(Cl)cnn1C(C)C. The molecule has 76 valence electrons. The van der Waals surface area contributed by atoms with Gasteiger partial charge >= 0.3 is 0 Å². The molecule has 0 radical (unpaired) electrons. The first-order valence-corrected chi connectivity index (χ1v) is 5.26. The fourth-order valence-electron chi connectivity index (χ4n) is 1.14. The molecule has 0 atom stereocenters. The molecule has 1 aromatic heterocycles. The van der Waals surface area contributed by atoms with Crippen molar-refractivity contribution < 1.29 is 0 Å². The summed E-state index contributed by atoms with van der Waals surface area (Å²) in [7, 11) is 0. The van der Waals surface area contributed by atoms with Crippen LogP contribution < -0.4 is 0 Å². The van der Waals surface area contributed by atoms with E-state index in [0.29, 0.717) is 6.04 Å². The second-order valence-corrected chi connectivity index (χ2v) is 3.24. The van der Waals surface area contributed by atoms with E-state index in [-0.39, 0.29) is 0 Å². The predicted octanol–water partition coefficient (Wildman–Crippen LogP) is 3.71. The molecule has 2 nitrogen and oxygen atoms in total. The van der Waals surface area contributed by atoms with Gasteiger partial charge in [0, 0.05) is 6.04 Å². The molecule has 1 aromatic rings. The number of halogens is 1. The van der Waals surface area contributed by atoms with Crippen LogP contribution in [0.3, 0.4) is 0 Å². The minimum absolute atomic E-state index is 0.400. The van der Waals surface area contributed by atoms with E-state index in [2.05, 4.69) is 25.9 Å². The van der Waals surface area contributed by atoms with Crippen molar-refractivity contribution in [3.8, 4) is 0 Å². The van der Waals surface area contributed by atoms with Crippen LogP contribution in [0.25, 0.3) is 0 Å². The average molecular weight is 203 g/mol. The van der Waals surface area contributed by atoms with Gasteiger partial charge in [0.25, 0.3) is 0 Å². The molecule has 0 aliphatic carbocycles. The molecule has 0 aliphatic rings. The highest BCUT2D eigenvalue weighted by molar-refractivity contribution is 6.31. The number of aromatic nitrogens is 2. The number of hydrogen-bond acceptors (Lipinski definition) is 1. The van der Waals surface area contributed by atoms with Crippen LogP contribution in [0, 0.1) is 0 Å². The van der Waals surface area contributed by atoms with E-state index in [9.17, 15) is 0 Å². The van der Waals surface area contributed by atoms with Gasteiger partial charge in [-0.1, -0.05) is 32.4 Å². The summed E-state index contributed by atoms with van der Waals surface area (Å²) >= 11 is 5.91. The molecule has 0 spiro atoms. The third-order valence-corrected chi connectivity index (χ3v) is 1.99. The maximum atomic E-state index is 5.91. The zero-order chi connectivity index (χ0) is 10.4. The summed E-state index contributed by atoms with van der Waals surface area (Å²) in [6, 6.07) is 0.400. The Hall–Kier alpha value is -0.500. The van der Waals surface area contributed by atoms with Gasteiger partial charge in [0.15, 0.2) is 0 Å². The lowest BCUT2D eigenvalue weighted by Crippen LogP contribution is -2.06. The van der Waals surface area contributed by atoms with Crippen LogP contribution in [0.4, 0.5) is 0 Å². The molecular weight excluding hydrogens is 184 g/mol. The normalized spacial score (nSPS) is 9.77. The lowest BCUT2D eigenvalue weighted by Gasteiger charge is -2.08. The Morgan fingerprint density at radius 2 is 2.00 bits per heavy atom. The van der Waals surface area contributed by atoms with Gasteiger partial charge in [0.05, 0.1) is 16.9 Å². The van der Waals surface area contributed by atoms with E-state index >= 15 is 0 Å². The van der Waals surface area contributed by atoms with Crippen molar-refractivity contribution in [2.24, 2.45) is 0 Å². The van der Waals surface area contributed by atoms with Crippen molar-refractivity contribution in [3.05, 3.63) is 16.9 Å². The van der Waals surface area contributed by atoms with Crippen molar-refractivity contribution in [1.82, 2.24) is 9.78 Å². The van der Waals surface area contributed by atoms with Crippen LogP contribution in [0.1, 0.15) is 46.4 Å². The molecule has 0 unspecified atom stereocenters. The molecule has 0 aromatic carbocycles. The van der Waals surface area contributed by atoms with Gasteiger partial charge in [-0.2, -0.15) is 5.10 Å². The molecular formula is C10H19ClN2. The molecule has 13 heavy (non-hydrogen) atoms. The third-order valence-electron chi connectivity index (χ3n) is 1.67. The Kier molecular flexibility index (Phi) is 5.80. The van der Waals surface area contributed by atoms with Gasteiger partial charge in [0.1, 0.15) is 0 Å². The molecule has 0 fully saturated rings. The summed E-state index contributed by atoms with van der Waals surface area (Å²) < 4.78 is 1.96. The Labute approximate surface area is 85.9 Å². The Bertz CT molecular complexity index is 241. The van der Waals surface area contributed by atoms with Crippen molar-refractivity contribution in [2.75, 3.05) is 0 Å². The Morgan fingerprint density at radius 1 is 1.46 bits per heavy atom. The summed E-state index contributed by atoms with van der Waals surface area (Å²) in [5.41, 5.74) is 1.13. The maximum absolute atomic E-state index is 5.91. The first-order chi connectivity index (χ1) is 6.16. The summed E-state index contributed by atoms with van der Waals surface area (Å²) in [4.78, 5) is 0. The van der Waals surface area contributed by atoms with E-state index in [0.717, 1.165) is 17.1 Å². The highest BCUT2D eigenvalue weighted by Crippen LogP contribution is 2.18. The summed E-state index contributed by atoms with van der Waals surface area (Å²) in [5, 5.41) is 4.95. The maximum Gasteiger partial charge on any atom is 0.0817 e. The van der Waals surface area contributed by atoms with Crippen LogP contribution in [0.2, 0.25) is 5.02 Å². The second-order valence-electron chi connectivity index (χ2n) is 2.83. The number of nitrogens with zero attached hydrogens (tertiary/aromatic N) is 2. The molecule has 1 heterocycles. The first kappa shape index (κ1) is 12.5. The standard InChI is InChI=1S/C8H13ClN2.C2H6/c1-4-8-7(9)5-10-11(8)6(2)3;1-2/h5-6H,4H2,1-3H3;1-2H3. The smallest absolute Gasteiger partial charge is 0.0817 e. The highest BCUT2D eigenvalue weighted by atomic mass is 35.5. The number of rotatable bonds is 2. The molecule has 1 rings (SSSR count). The molecule has 0 amide bonds. The minimum Gasteiger partial charge on any atom is -0.266 e. The van der Waals surface area contributed by atoms with Crippen molar-refractivity contribution in [1.29, 1.82) is 0 Å². The van der Waals surface area contributed by atoms with Crippen LogP contribution in [-0.2, 0) is 6.42 Å². The van der Waals surface area contributed by atoms with Gasteiger partial charge in [0.2, 0.25) is 0 Å². The quantitative estimate of drug-likeness (QED) is 0.715. The lowest BCUT2D eigenvalue weighted by molar-refractivity contribution is 0.511. The molecule has 0 saturated carbocycles. The van der Waals surface area contributed by atoms with Gasteiger partial charge < -0.3 is 0 Å². The summed E-state index contributed by atoms with van der Waals surface area (Å²) in [6.07, 6.45) is 2.65. The van der Waals surface area contributed by atoms with Crippen molar-refractivity contribution >= 4 is 11.6 Å². The third kappa shape index (κ3) is 3.03. The van der Waals surface area contributed by atoms with E-state index in [1.54, 1.807) is 6.20 Å². The zero-order valence-corrected chi connectivity index (χ0v) is 9.89. The second kappa shape index (κ2) is 6.03. The van der Waals surface area contributed by atoms with Gasteiger partial charge in [-0.3, -0.25) is 4.68 Å². The summed E-state index contributed by atoms with van der Waals surface area (Å²) in [5.74, 6) is 0. The fourth-order valence-corrected chi connectivity index (χ4v) is 1.41. The Balaban J connectivity index is 0.000000671. The van der Waals surface area contributed by atoms with E-state index in [1.165, 1.54) is 0 Å². The predicted molar refractivity (Wildman–Crippen MR) is 58.3 cm³/mol. The molecule has 0 aliphatic heterocycles. The van der Waals surface area contributed by atoms with Crippen LogP contribution in [0.5, 0.6) is 0 Å². The van der Waals surface area contributed by atoms with Crippen molar-refractivity contribution in [2.45, 2.75) is 47.1 Å². The fraction of sp³-hybridized carbons (Fsp3) is 0.700. The molecule has 3 heteroatoms. The molecule has 0 saturated heterocycles.